The van der Waals surface area contributed by atoms with E-state index in [1.165, 1.54) is 9.87 Å². The lowest BCUT2D eigenvalue weighted by Gasteiger charge is -2.35. The molecule has 0 radical (unpaired) electrons. The highest BCUT2D eigenvalue weighted by molar-refractivity contribution is 9.10. The first-order valence-corrected chi connectivity index (χ1v) is 12.3. The third-order valence-electron chi connectivity index (χ3n) is 5.17. The van der Waals surface area contributed by atoms with Crippen LogP contribution < -0.4 is 10.2 Å². The van der Waals surface area contributed by atoms with Gasteiger partial charge in [0, 0.05) is 42.4 Å². The standard InChI is InChI=1S/C22H24BrN5O2S/c1-16-7-9-18(10-8-16)26-21-15-22(25-17(2)24-21)27-11-13-28(14-12-27)31(29,30)20-6-4-3-5-19(20)23/h3-10,15H,11-14H2,1-2H3,(H,24,25,26). The molecule has 1 N–H and O–H groups in total. The fraction of sp³-hybridized carbons (Fsp3) is 0.273. The molecule has 0 saturated carbocycles. The molecule has 0 spiro atoms. The lowest BCUT2D eigenvalue weighted by atomic mass is 10.2. The van der Waals surface area contributed by atoms with Crippen molar-refractivity contribution < 1.29 is 8.42 Å². The molecule has 2 aromatic carbocycles. The third kappa shape index (κ3) is 4.89. The van der Waals surface area contributed by atoms with Crippen LogP contribution in [-0.4, -0.2) is 48.9 Å². The van der Waals surface area contributed by atoms with Gasteiger partial charge in [-0.2, -0.15) is 4.31 Å². The molecule has 7 nitrogen and oxygen atoms in total. The number of aromatic nitrogens is 2. The van der Waals surface area contributed by atoms with Crippen LogP contribution in [0.15, 0.2) is 64.0 Å². The first-order valence-electron chi connectivity index (χ1n) is 10.0. The van der Waals surface area contributed by atoms with Crippen LogP contribution in [0.5, 0.6) is 0 Å². The van der Waals surface area contributed by atoms with Crippen LogP contribution >= 0.6 is 15.9 Å². The topological polar surface area (TPSA) is 78.4 Å². The molecule has 2 heterocycles. The molecule has 162 valence electrons. The highest BCUT2D eigenvalue weighted by atomic mass is 79.9. The zero-order valence-corrected chi connectivity index (χ0v) is 19.8. The molecular weight excluding hydrogens is 478 g/mol. The van der Waals surface area contributed by atoms with Gasteiger partial charge in [-0.3, -0.25) is 0 Å². The summed E-state index contributed by atoms with van der Waals surface area (Å²) < 4.78 is 28.2. The SMILES string of the molecule is Cc1ccc(Nc2cc(N3CCN(S(=O)(=O)c4ccccc4Br)CC3)nc(C)n2)cc1. The average Bonchev–Trinajstić information content (AvgIpc) is 2.75. The van der Waals surface area contributed by atoms with E-state index < -0.39 is 10.0 Å². The first kappa shape index (κ1) is 21.7. The van der Waals surface area contributed by atoms with Crippen LogP contribution in [0.2, 0.25) is 0 Å². The lowest BCUT2D eigenvalue weighted by Crippen LogP contribution is -2.49. The van der Waals surface area contributed by atoms with Gasteiger partial charge in [0.05, 0.1) is 4.90 Å². The smallest absolute Gasteiger partial charge is 0.244 e. The zero-order valence-electron chi connectivity index (χ0n) is 17.4. The number of sulfonamides is 1. The van der Waals surface area contributed by atoms with Gasteiger partial charge >= 0.3 is 0 Å². The molecule has 0 aliphatic carbocycles. The Labute approximate surface area is 191 Å². The molecule has 1 saturated heterocycles. The predicted octanol–water partition coefficient (Wildman–Crippen LogP) is 4.11. The Balaban J connectivity index is 1.48. The van der Waals surface area contributed by atoms with Gasteiger partial charge in [-0.15, -0.1) is 0 Å². The van der Waals surface area contributed by atoms with Crippen molar-refractivity contribution in [2.45, 2.75) is 18.7 Å². The molecule has 0 amide bonds. The summed E-state index contributed by atoms with van der Waals surface area (Å²) in [6.45, 7) is 5.82. The average molecular weight is 502 g/mol. The van der Waals surface area contributed by atoms with Gasteiger partial charge in [0.2, 0.25) is 10.0 Å². The molecule has 1 fully saturated rings. The fourth-order valence-corrected chi connectivity index (χ4v) is 5.90. The van der Waals surface area contributed by atoms with E-state index in [9.17, 15) is 8.42 Å². The van der Waals surface area contributed by atoms with Crippen molar-refractivity contribution in [2.24, 2.45) is 0 Å². The Bertz CT molecular complexity index is 1180. The van der Waals surface area contributed by atoms with E-state index in [2.05, 4.69) is 36.1 Å². The molecule has 3 aromatic rings. The summed E-state index contributed by atoms with van der Waals surface area (Å²) in [5.41, 5.74) is 2.15. The molecule has 31 heavy (non-hydrogen) atoms. The Kier molecular flexibility index (Phi) is 6.27. The van der Waals surface area contributed by atoms with Gasteiger partial charge in [-0.05, 0) is 54.0 Å². The lowest BCUT2D eigenvalue weighted by molar-refractivity contribution is 0.383. The van der Waals surface area contributed by atoms with Crippen LogP contribution in [0.25, 0.3) is 0 Å². The van der Waals surface area contributed by atoms with Crippen molar-refractivity contribution in [1.82, 2.24) is 14.3 Å². The third-order valence-corrected chi connectivity index (χ3v) is 8.08. The molecule has 0 atom stereocenters. The monoisotopic (exact) mass is 501 g/mol. The van der Waals surface area contributed by atoms with Crippen LogP contribution in [0.1, 0.15) is 11.4 Å². The van der Waals surface area contributed by atoms with Gasteiger partial charge in [0.1, 0.15) is 17.5 Å². The zero-order chi connectivity index (χ0) is 22.0. The number of anilines is 3. The van der Waals surface area contributed by atoms with Gasteiger partial charge in [-0.1, -0.05) is 29.8 Å². The quantitative estimate of drug-likeness (QED) is 0.566. The van der Waals surface area contributed by atoms with E-state index in [1.54, 1.807) is 24.3 Å². The summed E-state index contributed by atoms with van der Waals surface area (Å²) >= 11 is 3.35. The maximum atomic E-state index is 13.0. The van der Waals surface area contributed by atoms with E-state index >= 15 is 0 Å². The second-order valence-electron chi connectivity index (χ2n) is 7.47. The summed E-state index contributed by atoms with van der Waals surface area (Å²) in [7, 11) is -3.54. The highest BCUT2D eigenvalue weighted by Crippen LogP contribution is 2.27. The number of nitrogens with one attached hydrogen (secondary N) is 1. The molecular formula is C22H24BrN5O2S. The Hall–Kier alpha value is -2.49. The molecule has 0 unspecified atom stereocenters. The molecule has 0 bridgehead atoms. The first-order chi connectivity index (χ1) is 14.8. The van der Waals surface area contributed by atoms with Crippen molar-refractivity contribution in [3.63, 3.8) is 0 Å². The fourth-order valence-electron chi connectivity index (χ4n) is 3.51. The summed E-state index contributed by atoms with van der Waals surface area (Å²) in [4.78, 5) is 11.5. The maximum absolute atomic E-state index is 13.0. The maximum Gasteiger partial charge on any atom is 0.244 e. The van der Waals surface area contributed by atoms with Crippen LogP contribution in [0, 0.1) is 13.8 Å². The highest BCUT2D eigenvalue weighted by Gasteiger charge is 2.30. The molecule has 1 aliphatic heterocycles. The number of aryl methyl sites for hydroxylation is 2. The molecule has 4 rings (SSSR count). The summed E-state index contributed by atoms with van der Waals surface area (Å²) in [5.74, 6) is 2.17. The Morgan fingerprint density at radius 3 is 2.29 bits per heavy atom. The number of nitrogens with zero attached hydrogens (tertiary/aromatic N) is 4. The van der Waals surface area contributed by atoms with Gasteiger partial charge in [-0.25, -0.2) is 18.4 Å². The number of hydrogen-bond acceptors (Lipinski definition) is 6. The number of hydrogen-bond donors (Lipinski definition) is 1. The molecule has 9 heteroatoms. The minimum absolute atomic E-state index is 0.297. The summed E-state index contributed by atoms with van der Waals surface area (Å²) in [6.07, 6.45) is 0. The number of halogens is 1. The number of benzene rings is 2. The summed E-state index contributed by atoms with van der Waals surface area (Å²) in [6, 6.07) is 16.9. The normalized spacial score (nSPS) is 15.1. The van der Waals surface area contributed by atoms with Crippen molar-refractivity contribution in [1.29, 1.82) is 0 Å². The Morgan fingerprint density at radius 1 is 0.935 bits per heavy atom. The van der Waals surface area contributed by atoms with Crippen LogP contribution in [0.3, 0.4) is 0 Å². The summed E-state index contributed by atoms with van der Waals surface area (Å²) in [5, 5.41) is 3.32. The second-order valence-corrected chi connectivity index (χ2v) is 10.2. The molecule has 1 aliphatic rings. The van der Waals surface area contributed by atoms with Gasteiger partial charge < -0.3 is 10.2 Å². The van der Waals surface area contributed by atoms with Crippen molar-refractivity contribution in [2.75, 3.05) is 36.4 Å². The van der Waals surface area contributed by atoms with Gasteiger partial charge in [0.15, 0.2) is 0 Å². The van der Waals surface area contributed by atoms with E-state index in [-0.39, 0.29) is 0 Å². The number of rotatable bonds is 5. The van der Waals surface area contributed by atoms with Crippen molar-refractivity contribution in [3.05, 3.63) is 70.5 Å². The molecule has 1 aromatic heterocycles. The van der Waals surface area contributed by atoms with E-state index in [0.717, 1.165) is 17.3 Å². The minimum Gasteiger partial charge on any atom is -0.354 e. The van der Waals surface area contributed by atoms with Crippen molar-refractivity contribution in [3.8, 4) is 0 Å². The second kappa shape index (κ2) is 8.94. The van der Waals surface area contributed by atoms with E-state index in [1.807, 2.05) is 44.2 Å². The van der Waals surface area contributed by atoms with Gasteiger partial charge in [0.25, 0.3) is 0 Å². The minimum atomic E-state index is -3.54. The predicted molar refractivity (Wildman–Crippen MR) is 126 cm³/mol. The number of piperazine rings is 1. The van der Waals surface area contributed by atoms with Crippen LogP contribution in [0.4, 0.5) is 17.3 Å². The Morgan fingerprint density at radius 2 is 1.61 bits per heavy atom. The van der Waals surface area contributed by atoms with E-state index in [0.29, 0.717) is 41.4 Å². The van der Waals surface area contributed by atoms with Crippen LogP contribution in [-0.2, 0) is 10.0 Å². The van der Waals surface area contributed by atoms with Crippen molar-refractivity contribution >= 4 is 43.3 Å². The van der Waals surface area contributed by atoms with E-state index in [4.69, 9.17) is 0 Å². The largest absolute Gasteiger partial charge is 0.354 e.